The van der Waals surface area contributed by atoms with Crippen LogP contribution < -0.4 is 4.74 Å². The molecular formula is C20H21BrF3N3O. The van der Waals surface area contributed by atoms with Gasteiger partial charge in [-0.1, -0.05) is 41.1 Å². The maximum absolute atomic E-state index is 13.7. The zero-order chi connectivity index (χ0) is 20.1. The van der Waals surface area contributed by atoms with Gasteiger partial charge in [0.25, 0.3) is 0 Å². The number of azo groups is 1. The van der Waals surface area contributed by atoms with Crippen LogP contribution in [0, 0.1) is 23.2 Å². The van der Waals surface area contributed by atoms with Gasteiger partial charge in [0, 0.05) is 28.9 Å². The van der Waals surface area contributed by atoms with E-state index in [2.05, 4.69) is 31.2 Å². The van der Waals surface area contributed by atoms with Crippen molar-refractivity contribution in [1.82, 2.24) is 0 Å². The second-order valence-electron chi connectivity index (χ2n) is 7.86. The van der Waals surface area contributed by atoms with Crippen LogP contribution in [0.2, 0.25) is 0 Å². The summed E-state index contributed by atoms with van der Waals surface area (Å²) in [5.74, 6) is -0.0919. The number of nitrogens with zero attached hydrogens (tertiary/aromatic N) is 3. The molecule has 1 spiro atoms. The lowest BCUT2D eigenvalue weighted by molar-refractivity contribution is -0.154. The van der Waals surface area contributed by atoms with Crippen LogP contribution in [-0.4, -0.2) is 32.2 Å². The molecule has 0 radical (unpaired) electrons. The predicted molar refractivity (Wildman–Crippen MR) is 104 cm³/mol. The maximum Gasteiger partial charge on any atom is 0.389 e. The molecule has 0 saturated heterocycles. The van der Waals surface area contributed by atoms with Gasteiger partial charge >= 0.3 is 6.18 Å². The Morgan fingerprint density at radius 1 is 1.32 bits per heavy atom. The van der Waals surface area contributed by atoms with Crippen LogP contribution in [0.15, 0.2) is 50.0 Å². The van der Waals surface area contributed by atoms with Gasteiger partial charge in [-0.25, -0.2) is 0 Å². The fourth-order valence-electron chi connectivity index (χ4n) is 5.17. The molecule has 4 nitrogen and oxygen atoms in total. The van der Waals surface area contributed by atoms with Crippen molar-refractivity contribution in [3.05, 3.63) is 40.4 Å². The number of halogens is 4. The molecule has 0 amide bonds. The van der Waals surface area contributed by atoms with Crippen molar-refractivity contribution in [3.63, 3.8) is 0 Å². The summed E-state index contributed by atoms with van der Waals surface area (Å²) in [4.78, 5) is 4.51. The highest BCUT2D eigenvalue weighted by Gasteiger charge is 2.57. The zero-order valence-electron chi connectivity index (χ0n) is 15.6. The van der Waals surface area contributed by atoms with Gasteiger partial charge in [-0.2, -0.15) is 18.3 Å². The highest BCUT2D eigenvalue weighted by atomic mass is 79.9. The van der Waals surface area contributed by atoms with Crippen molar-refractivity contribution in [3.8, 4) is 5.75 Å². The van der Waals surface area contributed by atoms with E-state index in [1.54, 1.807) is 13.2 Å². The molecule has 1 aliphatic carbocycles. The van der Waals surface area contributed by atoms with Gasteiger partial charge in [0.15, 0.2) is 5.84 Å². The van der Waals surface area contributed by atoms with Crippen molar-refractivity contribution in [2.45, 2.75) is 25.4 Å². The first-order valence-corrected chi connectivity index (χ1v) is 10.1. The molecule has 150 valence electrons. The van der Waals surface area contributed by atoms with E-state index < -0.39 is 29.8 Å². The second-order valence-corrected chi connectivity index (χ2v) is 8.78. The van der Waals surface area contributed by atoms with Gasteiger partial charge in [-0.05, 0) is 29.9 Å². The minimum Gasteiger partial charge on any atom is -0.496 e. The van der Waals surface area contributed by atoms with Crippen LogP contribution in [0.25, 0.3) is 0 Å². The number of amidine groups is 1. The lowest BCUT2D eigenvalue weighted by atomic mass is 9.55. The molecule has 0 fully saturated rings. The monoisotopic (exact) mass is 455 g/mol. The summed E-state index contributed by atoms with van der Waals surface area (Å²) >= 11 is 3.41. The first-order chi connectivity index (χ1) is 13.2. The number of hydrogen-bond acceptors (Lipinski definition) is 4. The van der Waals surface area contributed by atoms with Gasteiger partial charge in [0.2, 0.25) is 0 Å². The number of rotatable bonds is 3. The molecule has 3 unspecified atom stereocenters. The van der Waals surface area contributed by atoms with E-state index in [0.29, 0.717) is 24.7 Å². The normalized spacial score (nSPS) is 34.0. The Balaban J connectivity index is 1.85. The maximum atomic E-state index is 13.7. The quantitative estimate of drug-likeness (QED) is 0.531. The summed E-state index contributed by atoms with van der Waals surface area (Å²) in [6.45, 7) is 2.84. The minimum atomic E-state index is -4.26. The summed E-state index contributed by atoms with van der Waals surface area (Å²) in [6.07, 6.45) is -1.22. The van der Waals surface area contributed by atoms with Crippen molar-refractivity contribution in [2.75, 3.05) is 20.2 Å². The summed E-state index contributed by atoms with van der Waals surface area (Å²) in [7, 11) is 1.54. The third kappa shape index (κ3) is 3.19. The van der Waals surface area contributed by atoms with Gasteiger partial charge in [0.1, 0.15) is 5.75 Å². The Labute approximate surface area is 170 Å². The van der Waals surface area contributed by atoms with E-state index in [1.165, 1.54) is 0 Å². The molecule has 0 aromatic heterocycles. The van der Waals surface area contributed by atoms with E-state index in [9.17, 15) is 13.2 Å². The van der Waals surface area contributed by atoms with Crippen molar-refractivity contribution in [1.29, 1.82) is 0 Å². The highest BCUT2D eigenvalue weighted by molar-refractivity contribution is 9.10. The molecule has 8 heteroatoms. The SMILES string of the molecule is COc1cc(Br)ccc1[C@H]1C=CC23CN=NC2=NC[C@H](C)C3C1CC(F)(F)F. The Hall–Kier alpha value is -1.70. The van der Waals surface area contributed by atoms with Crippen LogP contribution in [0.3, 0.4) is 0 Å². The highest BCUT2D eigenvalue weighted by Crippen LogP contribution is 2.57. The molecule has 0 bridgehead atoms. The minimum absolute atomic E-state index is 0.00786. The van der Waals surface area contributed by atoms with Crippen LogP contribution in [0.1, 0.15) is 24.8 Å². The number of hydrogen-bond donors (Lipinski definition) is 0. The molecule has 0 saturated carbocycles. The third-order valence-corrected chi connectivity index (χ3v) is 6.69. The molecule has 5 atom stereocenters. The predicted octanol–water partition coefficient (Wildman–Crippen LogP) is 5.80. The Kier molecular flexibility index (Phi) is 4.88. The lowest BCUT2D eigenvalue weighted by Crippen LogP contribution is -2.51. The molecule has 1 aromatic carbocycles. The van der Waals surface area contributed by atoms with Crippen LogP contribution >= 0.6 is 15.9 Å². The number of allylic oxidation sites excluding steroid dienone is 1. The van der Waals surface area contributed by atoms with Gasteiger partial charge in [0.05, 0.1) is 19.1 Å². The van der Waals surface area contributed by atoms with Crippen molar-refractivity contribution < 1.29 is 17.9 Å². The Morgan fingerprint density at radius 3 is 2.82 bits per heavy atom. The van der Waals surface area contributed by atoms with Crippen molar-refractivity contribution >= 4 is 21.8 Å². The number of methoxy groups -OCH3 is 1. The molecule has 2 aliphatic heterocycles. The number of benzene rings is 1. The van der Waals surface area contributed by atoms with E-state index in [1.807, 2.05) is 31.2 Å². The smallest absolute Gasteiger partial charge is 0.389 e. The largest absolute Gasteiger partial charge is 0.496 e. The summed E-state index contributed by atoms with van der Waals surface area (Å²) < 4.78 is 47.3. The summed E-state index contributed by atoms with van der Waals surface area (Å²) in [5, 5.41) is 8.30. The van der Waals surface area contributed by atoms with Gasteiger partial charge in [-0.15, -0.1) is 5.11 Å². The lowest BCUT2D eigenvalue weighted by Gasteiger charge is -2.49. The van der Waals surface area contributed by atoms with Crippen molar-refractivity contribution in [2.24, 2.45) is 38.4 Å². The molecule has 28 heavy (non-hydrogen) atoms. The number of aliphatic imine (C=N–C) groups is 1. The molecule has 1 aromatic rings. The van der Waals surface area contributed by atoms with E-state index in [4.69, 9.17) is 4.74 Å². The molecular weight excluding hydrogens is 435 g/mol. The summed E-state index contributed by atoms with van der Waals surface area (Å²) in [5.41, 5.74) is 0.154. The fraction of sp³-hybridized carbons (Fsp3) is 0.550. The van der Waals surface area contributed by atoms with Gasteiger partial charge in [-0.3, -0.25) is 4.99 Å². The Bertz CT molecular complexity index is 867. The topological polar surface area (TPSA) is 46.3 Å². The fourth-order valence-corrected chi connectivity index (χ4v) is 5.51. The van der Waals surface area contributed by atoms with Crippen LogP contribution in [0.5, 0.6) is 5.75 Å². The third-order valence-electron chi connectivity index (χ3n) is 6.20. The second kappa shape index (κ2) is 6.97. The van der Waals surface area contributed by atoms with E-state index in [-0.39, 0.29) is 11.8 Å². The van der Waals surface area contributed by atoms with Crippen LogP contribution in [-0.2, 0) is 0 Å². The standard InChI is InChI=1S/C20H21BrF3N3O/c1-11-9-25-18-19(10-26-27-18)6-5-13(15(17(11)19)8-20(22,23)24)14-4-3-12(21)7-16(14)28-2/h3-7,11,13,15,17H,8-10H2,1-2H3/t11-,13+,15?,17?,19?/m0/s1. The molecule has 3 aliphatic rings. The first-order valence-electron chi connectivity index (χ1n) is 9.27. The van der Waals surface area contributed by atoms with E-state index >= 15 is 0 Å². The average molecular weight is 456 g/mol. The molecule has 4 rings (SSSR count). The van der Waals surface area contributed by atoms with Gasteiger partial charge < -0.3 is 4.74 Å². The van der Waals surface area contributed by atoms with Crippen LogP contribution in [0.4, 0.5) is 13.2 Å². The zero-order valence-corrected chi connectivity index (χ0v) is 17.2. The Morgan fingerprint density at radius 2 is 2.11 bits per heavy atom. The number of ether oxygens (including phenoxy) is 1. The number of alkyl halides is 3. The average Bonchev–Trinajstić information content (AvgIpc) is 3.03. The summed E-state index contributed by atoms with van der Waals surface area (Å²) in [6, 6.07) is 5.50. The first kappa shape index (κ1) is 19.6. The van der Waals surface area contributed by atoms with E-state index in [0.717, 1.165) is 10.0 Å². The molecule has 0 N–H and O–H groups in total. The molecule has 2 heterocycles.